The molecule has 1 aromatic heterocycles. The fraction of sp³-hybridized carbons (Fsp3) is 0.381. The topological polar surface area (TPSA) is 97.8 Å². The molecule has 1 aromatic carbocycles. The molecule has 1 atom stereocenters. The Labute approximate surface area is 164 Å². The number of aryl methyl sites for hydroxylation is 1. The summed E-state index contributed by atoms with van der Waals surface area (Å²) in [5, 5.41) is 12.0. The lowest BCUT2D eigenvalue weighted by Crippen LogP contribution is -2.29. The molecule has 2 N–H and O–H groups in total. The third kappa shape index (κ3) is 7.36. The van der Waals surface area contributed by atoms with Crippen LogP contribution in [0.25, 0.3) is 0 Å². The van der Waals surface area contributed by atoms with E-state index in [-0.39, 0.29) is 25.7 Å². The standard InChI is InChI=1S/C21H26N2O5/c1-14(2)28-19(20(24)25)10-16-5-4-6-17(9-16)11-23-21(26)27-13-18-8-7-15(3)22-12-18/h4-9,12,14,19H,10-11,13H2,1-3H3,(H,23,26)(H,24,25). The monoisotopic (exact) mass is 386 g/mol. The Morgan fingerprint density at radius 3 is 2.54 bits per heavy atom. The highest BCUT2D eigenvalue weighted by molar-refractivity contribution is 5.72. The molecular weight excluding hydrogens is 360 g/mol. The van der Waals surface area contributed by atoms with Crippen molar-refractivity contribution in [1.29, 1.82) is 0 Å². The maximum Gasteiger partial charge on any atom is 0.407 e. The molecule has 0 aliphatic carbocycles. The van der Waals surface area contributed by atoms with Gasteiger partial charge in [-0.25, -0.2) is 9.59 Å². The van der Waals surface area contributed by atoms with Crippen LogP contribution in [0, 0.1) is 6.92 Å². The van der Waals surface area contributed by atoms with Crippen LogP contribution in [0.15, 0.2) is 42.6 Å². The number of aliphatic carboxylic acids is 1. The van der Waals surface area contributed by atoms with Crippen LogP contribution in [-0.2, 0) is 33.8 Å². The van der Waals surface area contributed by atoms with Crippen LogP contribution in [0.5, 0.6) is 0 Å². The summed E-state index contributed by atoms with van der Waals surface area (Å²) in [7, 11) is 0. The molecule has 2 aromatic rings. The first-order chi connectivity index (χ1) is 13.3. The number of pyridine rings is 1. The predicted octanol–water partition coefficient (Wildman–Crippen LogP) is 3.24. The highest BCUT2D eigenvalue weighted by Gasteiger charge is 2.20. The second kappa shape index (κ2) is 10.4. The molecule has 1 amide bonds. The Bertz CT molecular complexity index is 790. The van der Waals surface area contributed by atoms with E-state index in [4.69, 9.17) is 9.47 Å². The first-order valence-corrected chi connectivity index (χ1v) is 9.11. The van der Waals surface area contributed by atoms with E-state index in [9.17, 15) is 14.7 Å². The van der Waals surface area contributed by atoms with Crippen molar-refractivity contribution in [3.05, 3.63) is 65.0 Å². The van der Waals surface area contributed by atoms with E-state index < -0.39 is 18.2 Å². The maximum atomic E-state index is 11.9. The first kappa shape index (κ1) is 21.4. The molecule has 7 heteroatoms. The second-order valence-electron chi connectivity index (χ2n) is 6.77. The van der Waals surface area contributed by atoms with Crippen molar-refractivity contribution in [2.75, 3.05) is 0 Å². The molecule has 0 fully saturated rings. The summed E-state index contributed by atoms with van der Waals surface area (Å²) in [5.41, 5.74) is 3.39. The Kier molecular flexibility index (Phi) is 7.95. The highest BCUT2D eigenvalue weighted by atomic mass is 16.5. The number of carbonyl (C=O) groups is 2. The zero-order chi connectivity index (χ0) is 20.5. The van der Waals surface area contributed by atoms with E-state index in [1.54, 1.807) is 20.0 Å². The number of hydrogen-bond donors (Lipinski definition) is 2. The number of nitrogens with one attached hydrogen (secondary N) is 1. The van der Waals surface area contributed by atoms with Crippen molar-refractivity contribution >= 4 is 12.1 Å². The van der Waals surface area contributed by atoms with Gasteiger partial charge in [0.05, 0.1) is 6.10 Å². The van der Waals surface area contributed by atoms with Crippen molar-refractivity contribution in [2.45, 2.75) is 52.6 Å². The number of carbonyl (C=O) groups excluding carboxylic acids is 1. The van der Waals surface area contributed by atoms with Gasteiger partial charge in [-0.3, -0.25) is 4.98 Å². The van der Waals surface area contributed by atoms with E-state index in [0.29, 0.717) is 0 Å². The van der Waals surface area contributed by atoms with Crippen LogP contribution in [0.2, 0.25) is 0 Å². The SMILES string of the molecule is Cc1ccc(COC(=O)NCc2cccc(CC(OC(C)C)C(=O)O)c2)cn1. The fourth-order valence-electron chi connectivity index (χ4n) is 2.56. The van der Waals surface area contributed by atoms with Gasteiger partial charge in [0.2, 0.25) is 0 Å². The van der Waals surface area contributed by atoms with E-state index in [0.717, 1.165) is 22.4 Å². The number of aromatic nitrogens is 1. The van der Waals surface area contributed by atoms with Crippen LogP contribution in [-0.4, -0.2) is 34.4 Å². The lowest BCUT2D eigenvalue weighted by Gasteiger charge is -2.17. The van der Waals surface area contributed by atoms with Crippen LogP contribution in [0.3, 0.4) is 0 Å². The minimum absolute atomic E-state index is 0.145. The number of carboxylic acid groups (broad SMARTS) is 1. The van der Waals surface area contributed by atoms with Crippen molar-refractivity contribution in [2.24, 2.45) is 0 Å². The van der Waals surface area contributed by atoms with E-state index in [2.05, 4.69) is 10.3 Å². The minimum Gasteiger partial charge on any atom is -0.479 e. The number of alkyl carbamates (subject to hydrolysis) is 1. The number of rotatable bonds is 9. The first-order valence-electron chi connectivity index (χ1n) is 9.11. The third-order valence-electron chi connectivity index (χ3n) is 3.90. The second-order valence-corrected chi connectivity index (χ2v) is 6.77. The smallest absolute Gasteiger partial charge is 0.407 e. The van der Waals surface area contributed by atoms with E-state index >= 15 is 0 Å². The molecule has 0 radical (unpaired) electrons. The number of amides is 1. The Morgan fingerprint density at radius 1 is 1.14 bits per heavy atom. The van der Waals surface area contributed by atoms with Crippen molar-refractivity contribution in [3.63, 3.8) is 0 Å². The van der Waals surface area contributed by atoms with Crippen molar-refractivity contribution < 1.29 is 24.2 Å². The molecule has 0 spiro atoms. The Hall–Kier alpha value is -2.93. The molecule has 0 saturated carbocycles. The molecule has 0 aliphatic heterocycles. The summed E-state index contributed by atoms with van der Waals surface area (Å²) >= 11 is 0. The Morgan fingerprint density at radius 2 is 1.89 bits per heavy atom. The van der Waals surface area contributed by atoms with Crippen LogP contribution >= 0.6 is 0 Å². The van der Waals surface area contributed by atoms with E-state index in [1.165, 1.54) is 0 Å². The predicted molar refractivity (Wildman–Crippen MR) is 104 cm³/mol. The van der Waals surface area contributed by atoms with Gasteiger partial charge in [0.1, 0.15) is 6.61 Å². The molecule has 1 heterocycles. The van der Waals surface area contributed by atoms with Crippen molar-refractivity contribution in [1.82, 2.24) is 10.3 Å². The van der Waals surface area contributed by atoms with Gasteiger partial charge in [-0.2, -0.15) is 0 Å². The molecule has 150 valence electrons. The number of nitrogens with zero attached hydrogens (tertiary/aromatic N) is 1. The zero-order valence-electron chi connectivity index (χ0n) is 16.3. The number of carboxylic acids is 1. The summed E-state index contributed by atoms with van der Waals surface area (Å²) in [6, 6.07) is 11.1. The summed E-state index contributed by atoms with van der Waals surface area (Å²) in [6.45, 7) is 5.91. The summed E-state index contributed by atoms with van der Waals surface area (Å²) in [5.74, 6) is -0.994. The van der Waals surface area contributed by atoms with Crippen LogP contribution < -0.4 is 5.32 Å². The molecule has 2 rings (SSSR count). The van der Waals surface area contributed by atoms with Gasteiger partial charge in [-0.15, -0.1) is 0 Å². The molecule has 28 heavy (non-hydrogen) atoms. The Balaban J connectivity index is 1.85. The summed E-state index contributed by atoms with van der Waals surface area (Å²) in [4.78, 5) is 27.4. The van der Waals surface area contributed by atoms with E-state index in [1.807, 2.05) is 43.3 Å². The van der Waals surface area contributed by atoms with Crippen molar-refractivity contribution in [3.8, 4) is 0 Å². The fourth-order valence-corrected chi connectivity index (χ4v) is 2.56. The normalized spacial score (nSPS) is 11.9. The lowest BCUT2D eigenvalue weighted by molar-refractivity contribution is -0.153. The lowest BCUT2D eigenvalue weighted by atomic mass is 10.0. The molecule has 0 saturated heterocycles. The van der Waals surface area contributed by atoms with Gasteiger partial charge in [0.15, 0.2) is 6.10 Å². The molecular formula is C21H26N2O5. The van der Waals surface area contributed by atoms with Gasteiger partial charge >= 0.3 is 12.1 Å². The van der Waals surface area contributed by atoms with Crippen LogP contribution in [0.4, 0.5) is 4.79 Å². The molecule has 7 nitrogen and oxygen atoms in total. The zero-order valence-corrected chi connectivity index (χ0v) is 16.3. The largest absolute Gasteiger partial charge is 0.479 e. The summed E-state index contributed by atoms with van der Waals surface area (Å²) in [6.07, 6.45) is 0.314. The van der Waals surface area contributed by atoms with Gasteiger partial charge in [-0.1, -0.05) is 30.3 Å². The molecule has 1 unspecified atom stereocenters. The highest BCUT2D eigenvalue weighted by Crippen LogP contribution is 2.12. The average molecular weight is 386 g/mol. The summed E-state index contributed by atoms with van der Waals surface area (Å²) < 4.78 is 10.6. The van der Waals surface area contributed by atoms with Gasteiger partial charge in [0, 0.05) is 30.4 Å². The number of ether oxygens (including phenoxy) is 2. The van der Waals surface area contributed by atoms with Crippen LogP contribution in [0.1, 0.15) is 36.2 Å². The maximum absolute atomic E-state index is 11.9. The number of hydrogen-bond acceptors (Lipinski definition) is 5. The molecule has 0 bridgehead atoms. The van der Waals surface area contributed by atoms with Gasteiger partial charge in [-0.05, 0) is 38.0 Å². The minimum atomic E-state index is -0.994. The quantitative estimate of drug-likeness (QED) is 0.687. The van der Waals surface area contributed by atoms with Gasteiger partial charge in [0.25, 0.3) is 0 Å². The van der Waals surface area contributed by atoms with Gasteiger partial charge < -0.3 is 19.9 Å². The average Bonchev–Trinajstić information content (AvgIpc) is 2.65. The third-order valence-corrected chi connectivity index (χ3v) is 3.90. The molecule has 0 aliphatic rings. The number of benzene rings is 1.